The molecule has 0 saturated carbocycles. The normalized spacial score (nSPS) is 17.0. The standard InChI is InChI=1S/C24H29N9O2/c1-3-18-26-16-6-4-5-7-17(16)33(18)24-28-20-19(21(29-24)31-12-14-35-15-13-31)27-22(30(20)2)23(34)32-10-8-25-9-11-32/h4-7,25H,3,8-15H2,1-2H3. The molecular formula is C24H29N9O2. The number of nitrogens with one attached hydrogen (secondary N) is 1. The number of rotatable bonds is 4. The number of aromatic nitrogens is 6. The van der Waals surface area contributed by atoms with E-state index < -0.39 is 0 Å². The van der Waals surface area contributed by atoms with Crippen LogP contribution in [0.2, 0.25) is 0 Å². The lowest BCUT2D eigenvalue weighted by molar-refractivity contribution is 0.0720. The highest BCUT2D eigenvalue weighted by Crippen LogP contribution is 2.28. The van der Waals surface area contributed by atoms with E-state index in [1.54, 1.807) is 4.57 Å². The van der Waals surface area contributed by atoms with Gasteiger partial charge in [-0.05, 0) is 12.1 Å². The minimum absolute atomic E-state index is 0.0798. The van der Waals surface area contributed by atoms with Crippen LogP contribution in [0.15, 0.2) is 24.3 Å². The fraction of sp³-hybridized carbons (Fsp3) is 0.458. The van der Waals surface area contributed by atoms with E-state index in [1.165, 1.54) is 0 Å². The molecule has 11 heteroatoms. The molecule has 5 heterocycles. The number of nitrogens with zero attached hydrogens (tertiary/aromatic N) is 8. The maximum atomic E-state index is 13.4. The van der Waals surface area contributed by atoms with Crippen molar-refractivity contribution in [3.8, 4) is 5.95 Å². The first-order valence-corrected chi connectivity index (χ1v) is 12.2. The number of morpholine rings is 1. The molecule has 2 aliphatic heterocycles. The minimum atomic E-state index is -0.0798. The summed E-state index contributed by atoms with van der Waals surface area (Å²) >= 11 is 0. The summed E-state index contributed by atoms with van der Waals surface area (Å²) in [4.78, 5) is 37.0. The number of fused-ring (bicyclic) bond motifs is 2. The molecule has 182 valence electrons. The molecule has 0 aliphatic carbocycles. The number of piperazine rings is 1. The molecule has 1 aromatic carbocycles. The molecule has 11 nitrogen and oxygen atoms in total. The Morgan fingerprint density at radius 2 is 1.80 bits per heavy atom. The van der Waals surface area contributed by atoms with E-state index in [2.05, 4.69) is 17.1 Å². The van der Waals surface area contributed by atoms with Gasteiger partial charge in [-0.15, -0.1) is 0 Å². The summed E-state index contributed by atoms with van der Waals surface area (Å²) in [5.74, 6) is 2.45. The summed E-state index contributed by atoms with van der Waals surface area (Å²) in [6.07, 6.45) is 0.737. The second kappa shape index (κ2) is 8.90. The third-order valence-corrected chi connectivity index (χ3v) is 6.74. The molecule has 4 aromatic rings. The van der Waals surface area contributed by atoms with Crippen LogP contribution in [0.5, 0.6) is 0 Å². The van der Waals surface area contributed by atoms with Gasteiger partial charge in [0.15, 0.2) is 17.0 Å². The van der Waals surface area contributed by atoms with E-state index in [-0.39, 0.29) is 5.91 Å². The van der Waals surface area contributed by atoms with Crippen LogP contribution in [-0.2, 0) is 18.2 Å². The van der Waals surface area contributed by atoms with Crippen LogP contribution in [0.4, 0.5) is 5.82 Å². The SMILES string of the molecule is CCc1nc2ccccc2n1-c1nc(N2CCOCC2)c2nc(C(=O)N3CCNCC3)n(C)c2n1. The van der Waals surface area contributed by atoms with Crippen LogP contribution < -0.4 is 10.2 Å². The molecule has 6 rings (SSSR count). The number of imidazole rings is 2. The van der Waals surface area contributed by atoms with Gasteiger partial charge in [-0.1, -0.05) is 19.1 Å². The highest BCUT2D eigenvalue weighted by atomic mass is 16.5. The van der Waals surface area contributed by atoms with E-state index in [0.717, 1.165) is 42.2 Å². The van der Waals surface area contributed by atoms with Crippen molar-refractivity contribution in [2.45, 2.75) is 13.3 Å². The molecule has 2 aliphatic rings. The van der Waals surface area contributed by atoms with E-state index in [9.17, 15) is 4.79 Å². The second-order valence-corrected chi connectivity index (χ2v) is 8.86. The lowest BCUT2D eigenvalue weighted by atomic mass is 10.3. The summed E-state index contributed by atoms with van der Waals surface area (Å²) in [6, 6.07) is 8.01. The van der Waals surface area contributed by atoms with Gasteiger partial charge in [-0.2, -0.15) is 9.97 Å². The lowest BCUT2D eigenvalue weighted by Gasteiger charge is -2.28. The molecule has 1 amide bonds. The van der Waals surface area contributed by atoms with Crippen LogP contribution in [-0.4, -0.2) is 92.4 Å². The zero-order valence-electron chi connectivity index (χ0n) is 20.1. The predicted molar refractivity (Wildman–Crippen MR) is 132 cm³/mol. The molecule has 0 unspecified atom stereocenters. The average molecular weight is 476 g/mol. The molecule has 1 N–H and O–H groups in total. The van der Waals surface area contributed by atoms with Gasteiger partial charge in [0.05, 0.1) is 24.2 Å². The average Bonchev–Trinajstić information content (AvgIpc) is 3.46. The van der Waals surface area contributed by atoms with Crippen molar-refractivity contribution in [3.63, 3.8) is 0 Å². The van der Waals surface area contributed by atoms with Gasteiger partial charge >= 0.3 is 0 Å². The van der Waals surface area contributed by atoms with Crippen LogP contribution in [0.3, 0.4) is 0 Å². The second-order valence-electron chi connectivity index (χ2n) is 8.86. The van der Waals surface area contributed by atoms with Crippen molar-refractivity contribution < 1.29 is 9.53 Å². The fourth-order valence-electron chi connectivity index (χ4n) is 4.87. The molecule has 2 fully saturated rings. The summed E-state index contributed by atoms with van der Waals surface area (Å²) in [7, 11) is 1.86. The van der Waals surface area contributed by atoms with Crippen molar-refractivity contribution in [1.82, 2.24) is 39.3 Å². The molecule has 3 aromatic heterocycles. The third kappa shape index (κ3) is 3.71. The Morgan fingerprint density at radius 1 is 1.03 bits per heavy atom. The molecule has 0 atom stereocenters. The lowest BCUT2D eigenvalue weighted by Crippen LogP contribution is -2.47. The molecule has 0 spiro atoms. The summed E-state index contributed by atoms with van der Waals surface area (Å²) < 4.78 is 9.41. The summed E-state index contributed by atoms with van der Waals surface area (Å²) in [6.45, 7) is 7.62. The Bertz CT molecular complexity index is 1400. The predicted octanol–water partition coefficient (Wildman–Crippen LogP) is 1.15. The van der Waals surface area contributed by atoms with Gasteiger partial charge in [0.25, 0.3) is 5.91 Å². The number of hydrogen-bond acceptors (Lipinski definition) is 8. The maximum Gasteiger partial charge on any atom is 0.290 e. The van der Waals surface area contributed by atoms with E-state index in [1.807, 2.05) is 40.8 Å². The number of ether oxygens (including phenoxy) is 1. The molecule has 0 bridgehead atoms. The number of amides is 1. The number of carbonyl (C=O) groups is 1. The first kappa shape index (κ1) is 21.9. The number of anilines is 1. The van der Waals surface area contributed by atoms with Crippen LogP contribution >= 0.6 is 0 Å². The van der Waals surface area contributed by atoms with Crippen LogP contribution in [0.25, 0.3) is 28.1 Å². The van der Waals surface area contributed by atoms with Gasteiger partial charge in [0.2, 0.25) is 11.8 Å². The molecule has 35 heavy (non-hydrogen) atoms. The van der Waals surface area contributed by atoms with Crippen molar-refractivity contribution in [2.24, 2.45) is 7.05 Å². The monoisotopic (exact) mass is 475 g/mol. The van der Waals surface area contributed by atoms with Gasteiger partial charge < -0.3 is 24.4 Å². The van der Waals surface area contributed by atoms with Crippen molar-refractivity contribution in [3.05, 3.63) is 35.9 Å². The first-order valence-electron chi connectivity index (χ1n) is 12.2. The zero-order chi connectivity index (χ0) is 23.9. The van der Waals surface area contributed by atoms with Crippen molar-refractivity contribution >= 4 is 33.9 Å². The molecule has 0 radical (unpaired) electrons. The smallest absolute Gasteiger partial charge is 0.290 e. The Morgan fingerprint density at radius 3 is 2.57 bits per heavy atom. The minimum Gasteiger partial charge on any atom is -0.378 e. The topological polar surface area (TPSA) is 106 Å². The Kier molecular flexibility index (Phi) is 5.57. The van der Waals surface area contributed by atoms with Crippen LogP contribution in [0.1, 0.15) is 23.4 Å². The number of carbonyl (C=O) groups excluding carboxylic acids is 1. The largest absolute Gasteiger partial charge is 0.378 e. The highest BCUT2D eigenvalue weighted by Gasteiger charge is 2.28. The van der Waals surface area contributed by atoms with Gasteiger partial charge in [-0.25, -0.2) is 9.97 Å². The number of aryl methyl sites for hydroxylation is 2. The molecular weight excluding hydrogens is 446 g/mol. The third-order valence-electron chi connectivity index (χ3n) is 6.74. The van der Waals surface area contributed by atoms with E-state index in [4.69, 9.17) is 24.7 Å². The summed E-state index contributed by atoms with van der Waals surface area (Å²) in [5.41, 5.74) is 3.13. The number of para-hydroxylation sites is 2. The van der Waals surface area contributed by atoms with Gasteiger partial charge in [-0.3, -0.25) is 9.36 Å². The fourth-order valence-corrected chi connectivity index (χ4v) is 4.87. The summed E-state index contributed by atoms with van der Waals surface area (Å²) in [5, 5.41) is 3.29. The van der Waals surface area contributed by atoms with Gasteiger partial charge in [0.1, 0.15) is 5.82 Å². The highest BCUT2D eigenvalue weighted by molar-refractivity contribution is 5.96. The molecule has 2 saturated heterocycles. The Labute approximate surface area is 202 Å². The van der Waals surface area contributed by atoms with Crippen molar-refractivity contribution in [2.75, 3.05) is 57.4 Å². The Balaban J connectivity index is 1.56. The number of benzene rings is 1. The zero-order valence-corrected chi connectivity index (χ0v) is 20.1. The first-order chi connectivity index (χ1) is 17.2. The van der Waals surface area contributed by atoms with Crippen molar-refractivity contribution in [1.29, 1.82) is 0 Å². The van der Waals surface area contributed by atoms with E-state index in [0.29, 0.717) is 62.3 Å². The number of hydrogen-bond donors (Lipinski definition) is 1. The van der Waals surface area contributed by atoms with Gasteiger partial charge in [0, 0.05) is 52.7 Å². The van der Waals surface area contributed by atoms with Crippen LogP contribution in [0, 0.1) is 0 Å². The quantitative estimate of drug-likeness (QED) is 0.469. The maximum absolute atomic E-state index is 13.4. The Hall–Kier alpha value is -3.57. The van der Waals surface area contributed by atoms with E-state index >= 15 is 0 Å².